The van der Waals surface area contributed by atoms with E-state index in [2.05, 4.69) is 12.1 Å². The van der Waals surface area contributed by atoms with E-state index in [1.807, 2.05) is 23.1 Å². The Kier molecular flexibility index (Phi) is 3.81. The third kappa shape index (κ3) is 3.09. The summed E-state index contributed by atoms with van der Waals surface area (Å²) in [6.45, 7) is 1.60. The summed E-state index contributed by atoms with van der Waals surface area (Å²) in [7, 11) is 1.67. The molecule has 90 valence electrons. The second-order valence-corrected chi connectivity index (χ2v) is 4.14. The molecular formula is C14H17NO2. The smallest absolute Gasteiger partial charge is 0.246 e. The average Bonchev–Trinajstić information content (AvgIpc) is 2.76. The molecule has 1 heterocycles. The fraction of sp³-hybridized carbons (Fsp3) is 0.357. The van der Waals surface area contributed by atoms with Crippen molar-refractivity contribution in [1.82, 2.24) is 4.90 Å². The Morgan fingerprint density at radius 2 is 2.06 bits per heavy atom. The fourth-order valence-electron chi connectivity index (χ4n) is 1.94. The maximum absolute atomic E-state index is 11.3. The molecule has 0 bridgehead atoms. The number of carbonyl (C=O) groups excluding carboxylic acids is 1. The van der Waals surface area contributed by atoms with Gasteiger partial charge in [0.15, 0.2) is 0 Å². The van der Waals surface area contributed by atoms with Crippen molar-refractivity contribution in [3.63, 3.8) is 0 Å². The number of nitrogens with zero attached hydrogens (tertiary/aromatic N) is 1. The lowest BCUT2D eigenvalue weighted by atomic mass is 10.1. The third-order valence-electron chi connectivity index (χ3n) is 2.95. The highest BCUT2D eigenvalue weighted by atomic mass is 16.5. The minimum atomic E-state index is 0.139. The molecule has 1 aromatic rings. The van der Waals surface area contributed by atoms with Crippen LogP contribution in [0.15, 0.2) is 36.4 Å². The SMILES string of the molecule is COc1ccc(CCCN2CC=CC2=O)cc1. The Morgan fingerprint density at radius 3 is 2.65 bits per heavy atom. The summed E-state index contributed by atoms with van der Waals surface area (Å²) in [5.41, 5.74) is 1.28. The lowest BCUT2D eigenvalue weighted by molar-refractivity contribution is -0.124. The summed E-state index contributed by atoms with van der Waals surface area (Å²) >= 11 is 0. The van der Waals surface area contributed by atoms with Crippen molar-refractivity contribution in [3.8, 4) is 5.75 Å². The van der Waals surface area contributed by atoms with Crippen LogP contribution < -0.4 is 4.74 Å². The van der Waals surface area contributed by atoms with Gasteiger partial charge in [-0.2, -0.15) is 0 Å². The second-order valence-electron chi connectivity index (χ2n) is 4.14. The van der Waals surface area contributed by atoms with Crippen molar-refractivity contribution in [1.29, 1.82) is 0 Å². The van der Waals surface area contributed by atoms with E-state index in [9.17, 15) is 4.79 Å². The summed E-state index contributed by atoms with van der Waals surface area (Å²) in [4.78, 5) is 13.2. The van der Waals surface area contributed by atoms with Gasteiger partial charge in [-0.3, -0.25) is 4.79 Å². The number of rotatable bonds is 5. The first-order chi connectivity index (χ1) is 8.29. The normalized spacial score (nSPS) is 14.4. The highest BCUT2D eigenvalue weighted by molar-refractivity contribution is 5.89. The molecule has 1 aromatic carbocycles. The Labute approximate surface area is 102 Å². The molecule has 3 nitrogen and oxygen atoms in total. The molecule has 1 aliphatic heterocycles. The molecule has 0 saturated heterocycles. The largest absolute Gasteiger partial charge is 0.497 e. The molecule has 0 N–H and O–H groups in total. The van der Waals surface area contributed by atoms with Crippen LogP contribution in [-0.4, -0.2) is 31.0 Å². The lowest BCUT2D eigenvalue weighted by Crippen LogP contribution is -2.26. The van der Waals surface area contributed by atoms with Crippen LogP contribution >= 0.6 is 0 Å². The average molecular weight is 231 g/mol. The first kappa shape index (κ1) is 11.7. The van der Waals surface area contributed by atoms with E-state index >= 15 is 0 Å². The molecule has 0 unspecified atom stereocenters. The lowest BCUT2D eigenvalue weighted by Gasteiger charge is -2.15. The molecule has 0 radical (unpaired) electrons. The number of hydrogen-bond acceptors (Lipinski definition) is 2. The first-order valence-corrected chi connectivity index (χ1v) is 5.88. The van der Waals surface area contributed by atoms with Crippen molar-refractivity contribution in [2.45, 2.75) is 12.8 Å². The van der Waals surface area contributed by atoms with Gasteiger partial charge in [-0.1, -0.05) is 18.2 Å². The summed E-state index contributed by atoms with van der Waals surface area (Å²) in [6, 6.07) is 8.08. The molecule has 0 fully saturated rings. The van der Waals surface area contributed by atoms with Gasteiger partial charge in [0.25, 0.3) is 0 Å². The van der Waals surface area contributed by atoms with E-state index in [0.717, 1.165) is 31.7 Å². The Bertz CT molecular complexity index is 409. The van der Waals surface area contributed by atoms with Gasteiger partial charge >= 0.3 is 0 Å². The van der Waals surface area contributed by atoms with Gasteiger partial charge in [-0.05, 0) is 30.5 Å². The summed E-state index contributed by atoms with van der Waals surface area (Å²) in [5.74, 6) is 1.02. The first-order valence-electron chi connectivity index (χ1n) is 5.88. The van der Waals surface area contributed by atoms with Crippen LogP contribution in [0.1, 0.15) is 12.0 Å². The van der Waals surface area contributed by atoms with E-state index in [-0.39, 0.29) is 5.91 Å². The van der Waals surface area contributed by atoms with E-state index in [1.165, 1.54) is 5.56 Å². The minimum Gasteiger partial charge on any atom is -0.497 e. The molecule has 1 aliphatic rings. The van der Waals surface area contributed by atoms with Crippen molar-refractivity contribution in [3.05, 3.63) is 42.0 Å². The molecule has 0 saturated carbocycles. The molecule has 17 heavy (non-hydrogen) atoms. The molecule has 1 amide bonds. The highest BCUT2D eigenvalue weighted by Crippen LogP contribution is 2.13. The van der Waals surface area contributed by atoms with Crippen molar-refractivity contribution in [2.24, 2.45) is 0 Å². The van der Waals surface area contributed by atoms with Crippen LogP contribution in [0.4, 0.5) is 0 Å². The standard InChI is InChI=1S/C14H17NO2/c1-17-13-8-6-12(7-9-13)4-2-10-15-11-3-5-14(15)16/h3,5-9H,2,4,10-11H2,1H3. The zero-order chi connectivity index (χ0) is 12.1. The zero-order valence-corrected chi connectivity index (χ0v) is 10.1. The van der Waals surface area contributed by atoms with Crippen molar-refractivity contribution in [2.75, 3.05) is 20.2 Å². The number of carbonyl (C=O) groups is 1. The predicted octanol–water partition coefficient (Wildman–Crippen LogP) is 2.03. The summed E-state index contributed by atoms with van der Waals surface area (Å²) in [5, 5.41) is 0. The van der Waals surface area contributed by atoms with Crippen LogP contribution in [-0.2, 0) is 11.2 Å². The summed E-state index contributed by atoms with van der Waals surface area (Å²) in [6.07, 6.45) is 5.55. The highest BCUT2D eigenvalue weighted by Gasteiger charge is 2.13. The van der Waals surface area contributed by atoms with Crippen LogP contribution in [0.25, 0.3) is 0 Å². The number of hydrogen-bond donors (Lipinski definition) is 0. The monoisotopic (exact) mass is 231 g/mol. The zero-order valence-electron chi connectivity index (χ0n) is 10.1. The number of methoxy groups -OCH3 is 1. The summed E-state index contributed by atoms with van der Waals surface area (Å²) < 4.78 is 5.11. The van der Waals surface area contributed by atoms with Crippen molar-refractivity contribution < 1.29 is 9.53 Å². The fourth-order valence-corrected chi connectivity index (χ4v) is 1.94. The van der Waals surface area contributed by atoms with Crippen LogP contribution in [0.3, 0.4) is 0 Å². The molecule has 3 heteroatoms. The Morgan fingerprint density at radius 1 is 1.29 bits per heavy atom. The maximum Gasteiger partial charge on any atom is 0.246 e. The number of amides is 1. The van der Waals surface area contributed by atoms with Gasteiger partial charge in [-0.15, -0.1) is 0 Å². The minimum absolute atomic E-state index is 0.139. The topological polar surface area (TPSA) is 29.5 Å². The quantitative estimate of drug-likeness (QED) is 0.776. The molecule has 0 atom stereocenters. The number of ether oxygens (including phenoxy) is 1. The van der Waals surface area contributed by atoms with E-state index in [4.69, 9.17) is 4.74 Å². The van der Waals surface area contributed by atoms with Gasteiger partial charge in [0.05, 0.1) is 7.11 Å². The molecular weight excluding hydrogens is 214 g/mol. The molecule has 0 aromatic heterocycles. The van der Waals surface area contributed by atoms with E-state index in [1.54, 1.807) is 13.2 Å². The van der Waals surface area contributed by atoms with Crippen LogP contribution in [0.5, 0.6) is 5.75 Å². The molecule has 0 aliphatic carbocycles. The van der Waals surface area contributed by atoms with Crippen molar-refractivity contribution >= 4 is 5.91 Å². The van der Waals surface area contributed by atoms with Gasteiger partial charge in [0.1, 0.15) is 5.75 Å². The molecule has 2 rings (SSSR count). The third-order valence-corrected chi connectivity index (χ3v) is 2.95. The Balaban J connectivity index is 1.76. The van der Waals surface area contributed by atoms with Gasteiger partial charge < -0.3 is 9.64 Å². The second kappa shape index (κ2) is 5.53. The number of benzene rings is 1. The van der Waals surface area contributed by atoms with Gasteiger partial charge in [-0.25, -0.2) is 0 Å². The molecule has 0 spiro atoms. The van der Waals surface area contributed by atoms with Gasteiger partial charge in [0.2, 0.25) is 5.91 Å². The number of aryl methyl sites for hydroxylation is 1. The predicted molar refractivity (Wildman–Crippen MR) is 67.0 cm³/mol. The maximum atomic E-state index is 11.3. The van der Waals surface area contributed by atoms with Crippen LogP contribution in [0, 0.1) is 0 Å². The van der Waals surface area contributed by atoms with Gasteiger partial charge in [0, 0.05) is 19.2 Å². The van der Waals surface area contributed by atoms with E-state index in [0.29, 0.717) is 0 Å². The Hall–Kier alpha value is -1.77. The van der Waals surface area contributed by atoms with Crippen LogP contribution in [0.2, 0.25) is 0 Å². The van der Waals surface area contributed by atoms with E-state index < -0.39 is 0 Å².